The number of nitrogens with zero attached hydrogens (tertiary/aromatic N) is 2. The van der Waals surface area contributed by atoms with Crippen LogP contribution < -0.4 is 0 Å². The lowest BCUT2D eigenvalue weighted by molar-refractivity contribution is 0.518. The first-order chi connectivity index (χ1) is 9.76. The van der Waals surface area contributed by atoms with E-state index in [4.69, 9.17) is 22.4 Å². The molecule has 98 valence electrons. The van der Waals surface area contributed by atoms with E-state index in [1.54, 1.807) is 24.4 Å². The Hall–Kier alpha value is -2.31. The average Bonchev–Trinajstić information content (AvgIpc) is 2.87. The smallest absolute Gasteiger partial charge is 0.197 e. The van der Waals surface area contributed by atoms with Crippen molar-refractivity contribution in [2.75, 3.05) is 0 Å². The number of aromatic nitrogens is 2. The second kappa shape index (κ2) is 5.36. The molecule has 20 heavy (non-hydrogen) atoms. The molecular formula is C16H11ClN2O. The molecule has 0 aliphatic rings. The summed E-state index contributed by atoms with van der Waals surface area (Å²) in [4.78, 5) is 8.69. The van der Waals surface area contributed by atoms with E-state index in [9.17, 15) is 0 Å². The van der Waals surface area contributed by atoms with Gasteiger partial charge in [0.15, 0.2) is 11.5 Å². The van der Waals surface area contributed by atoms with E-state index >= 15 is 0 Å². The lowest BCUT2D eigenvalue weighted by Gasteiger charge is -2.06. The highest BCUT2D eigenvalue weighted by atomic mass is 35.5. The summed E-state index contributed by atoms with van der Waals surface area (Å²) in [6.45, 7) is 0. The van der Waals surface area contributed by atoms with E-state index in [2.05, 4.69) is 15.9 Å². The zero-order valence-corrected chi connectivity index (χ0v) is 11.3. The number of halogens is 1. The molecule has 0 aliphatic carbocycles. The van der Waals surface area contributed by atoms with Crippen LogP contribution in [0.4, 0.5) is 0 Å². The van der Waals surface area contributed by atoms with Crippen LogP contribution in [0.5, 0.6) is 0 Å². The van der Waals surface area contributed by atoms with E-state index in [0.717, 1.165) is 11.2 Å². The van der Waals surface area contributed by atoms with Gasteiger partial charge in [-0.05, 0) is 30.3 Å². The summed E-state index contributed by atoms with van der Waals surface area (Å²) in [7, 11) is 0. The maximum absolute atomic E-state index is 5.93. The molecule has 2 heterocycles. The number of terminal acetylenes is 1. The van der Waals surface area contributed by atoms with Crippen LogP contribution in [0.3, 0.4) is 0 Å². The topological polar surface area (TPSA) is 38.9 Å². The van der Waals surface area contributed by atoms with E-state index in [-0.39, 0.29) is 5.92 Å². The molecule has 1 unspecified atom stereocenters. The molecule has 0 saturated carbocycles. The fourth-order valence-corrected chi connectivity index (χ4v) is 2.21. The van der Waals surface area contributed by atoms with Gasteiger partial charge in [0, 0.05) is 17.6 Å². The highest BCUT2D eigenvalue weighted by Gasteiger charge is 2.15. The molecule has 3 rings (SSSR count). The standard InChI is InChI=1S/C16H11ClN2O/c1-2-11(13-5-3-4-8-18-13)9-16-19-14-10-12(17)6-7-15(14)20-16/h1,3-8,10-11H,9H2. The zero-order chi connectivity index (χ0) is 13.9. The molecule has 3 aromatic rings. The SMILES string of the molecule is C#CC(Cc1nc2cc(Cl)ccc2o1)c1ccccn1. The average molecular weight is 283 g/mol. The Morgan fingerprint density at radius 2 is 2.20 bits per heavy atom. The van der Waals surface area contributed by atoms with Crippen molar-refractivity contribution in [3.63, 3.8) is 0 Å². The summed E-state index contributed by atoms with van der Waals surface area (Å²) in [6.07, 6.45) is 7.83. The summed E-state index contributed by atoms with van der Waals surface area (Å²) in [5, 5.41) is 0.635. The third kappa shape index (κ3) is 2.52. The van der Waals surface area contributed by atoms with Crippen molar-refractivity contribution in [2.45, 2.75) is 12.3 Å². The summed E-state index contributed by atoms with van der Waals surface area (Å²) in [5.41, 5.74) is 2.29. The number of hydrogen-bond donors (Lipinski definition) is 0. The number of hydrogen-bond acceptors (Lipinski definition) is 3. The van der Waals surface area contributed by atoms with E-state index in [1.165, 1.54) is 0 Å². The van der Waals surface area contributed by atoms with Crippen LogP contribution in [-0.2, 0) is 6.42 Å². The Morgan fingerprint density at radius 3 is 2.95 bits per heavy atom. The molecule has 0 fully saturated rings. The normalized spacial score (nSPS) is 12.2. The van der Waals surface area contributed by atoms with E-state index in [1.807, 2.05) is 18.2 Å². The van der Waals surface area contributed by atoms with Crippen molar-refractivity contribution in [2.24, 2.45) is 0 Å². The third-order valence-corrected chi connectivity index (χ3v) is 3.25. The van der Waals surface area contributed by atoms with Crippen LogP contribution in [0.25, 0.3) is 11.1 Å². The van der Waals surface area contributed by atoms with Crippen molar-refractivity contribution in [1.82, 2.24) is 9.97 Å². The Labute approximate surface area is 121 Å². The molecule has 0 bridgehead atoms. The minimum atomic E-state index is -0.153. The van der Waals surface area contributed by atoms with Crippen LogP contribution in [0.1, 0.15) is 17.5 Å². The largest absolute Gasteiger partial charge is 0.441 e. The van der Waals surface area contributed by atoms with Gasteiger partial charge < -0.3 is 4.42 Å². The molecule has 3 nitrogen and oxygen atoms in total. The summed E-state index contributed by atoms with van der Waals surface area (Å²) in [6, 6.07) is 11.0. The van der Waals surface area contributed by atoms with Gasteiger partial charge in [0.05, 0.1) is 11.6 Å². The summed E-state index contributed by atoms with van der Waals surface area (Å²) >= 11 is 5.93. The number of oxazole rings is 1. The Morgan fingerprint density at radius 1 is 1.30 bits per heavy atom. The van der Waals surface area contributed by atoms with Crippen molar-refractivity contribution in [1.29, 1.82) is 0 Å². The first-order valence-electron chi connectivity index (χ1n) is 6.18. The highest BCUT2D eigenvalue weighted by molar-refractivity contribution is 6.31. The number of fused-ring (bicyclic) bond motifs is 1. The van der Waals surface area contributed by atoms with Crippen molar-refractivity contribution in [3.05, 3.63) is 59.2 Å². The predicted molar refractivity (Wildman–Crippen MR) is 78.5 cm³/mol. The quantitative estimate of drug-likeness (QED) is 0.685. The first-order valence-corrected chi connectivity index (χ1v) is 6.56. The first kappa shape index (κ1) is 12.7. The number of pyridine rings is 1. The zero-order valence-electron chi connectivity index (χ0n) is 10.6. The van der Waals surface area contributed by atoms with Gasteiger partial charge in [-0.3, -0.25) is 4.98 Å². The van der Waals surface area contributed by atoms with Crippen LogP contribution >= 0.6 is 11.6 Å². The fourth-order valence-electron chi connectivity index (χ4n) is 2.04. The lowest BCUT2D eigenvalue weighted by Crippen LogP contribution is -2.02. The third-order valence-electron chi connectivity index (χ3n) is 3.02. The maximum Gasteiger partial charge on any atom is 0.197 e. The van der Waals surface area contributed by atoms with Crippen molar-refractivity contribution >= 4 is 22.7 Å². The number of benzene rings is 1. The molecule has 0 amide bonds. The summed E-state index contributed by atoms with van der Waals surface area (Å²) < 4.78 is 5.68. The number of rotatable bonds is 3. The molecule has 0 radical (unpaired) electrons. The molecule has 0 N–H and O–H groups in total. The fraction of sp³-hybridized carbons (Fsp3) is 0.125. The van der Waals surface area contributed by atoms with Gasteiger partial charge in [-0.2, -0.15) is 0 Å². The monoisotopic (exact) mass is 282 g/mol. The molecule has 4 heteroatoms. The van der Waals surface area contributed by atoms with E-state index < -0.39 is 0 Å². The Bertz CT molecular complexity index is 774. The molecule has 0 aliphatic heterocycles. The van der Waals surface area contributed by atoms with Crippen molar-refractivity contribution < 1.29 is 4.42 Å². The van der Waals surface area contributed by atoms with Crippen molar-refractivity contribution in [3.8, 4) is 12.3 Å². The van der Waals surface area contributed by atoms with Crippen LogP contribution in [0.15, 0.2) is 47.0 Å². The van der Waals surface area contributed by atoms with Gasteiger partial charge in [0.1, 0.15) is 5.52 Å². The summed E-state index contributed by atoms with van der Waals surface area (Å²) in [5.74, 6) is 3.17. The van der Waals surface area contributed by atoms with Gasteiger partial charge in [-0.15, -0.1) is 6.42 Å². The highest BCUT2D eigenvalue weighted by Crippen LogP contribution is 2.23. The molecule has 2 aromatic heterocycles. The molecule has 1 aromatic carbocycles. The predicted octanol–water partition coefficient (Wildman–Crippen LogP) is 3.84. The van der Waals surface area contributed by atoms with Crippen LogP contribution in [0, 0.1) is 12.3 Å². The van der Waals surface area contributed by atoms with Gasteiger partial charge in [0.25, 0.3) is 0 Å². The van der Waals surface area contributed by atoms with Gasteiger partial charge in [-0.1, -0.05) is 23.6 Å². The maximum atomic E-state index is 5.93. The van der Waals surface area contributed by atoms with Gasteiger partial charge >= 0.3 is 0 Å². The minimum Gasteiger partial charge on any atom is -0.441 e. The molecular weight excluding hydrogens is 272 g/mol. The molecule has 0 spiro atoms. The van der Waals surface area contributed by atoms with E-state index in [0.29, 0.717) is 22.9 Å². The van der Waals surface area contributed by atoms with Gasteiger partial charge in [0.2, 0.25) is 0 Å². The van der Waals surface area contributed by atoms with Crippen LogP contribution in [0.2, 0.25) is 5.02 Å². The molecule has 0 saturated heterocycles. The van der Waals surface area contributed by atoms with Crippen LogP contribution in [-0.4, -0.2) is 9.97 Å². The van der Waals surface area contributed by atoms with Gasteiger partial charge in [-0.25, -0.2) is 4.98 Å². The molecule has 1 atom stereocenters. The minimum absolute atomic E-state index is 0.153. The Kier molecular flexibility index (Phi) is 3.41. The second-order valence-corrected chi connectivity index (χ2v) is 4.83. The lowest BCUT2D eigenvalue weighted by atomic mass is 10.0. The Balaban J connectivity index is 1.90. The second-order valence-electron chi connectivity index (χ2n) is 4.40.